The zero-order valence-electron chi connectivity index (χ0n) is 17.6. The van der Waals surface area contributed by atoms with Gasteiger partial charge in [0.15, 0.2) is 0 Å². The van der Waals surface area contributed by atoms with Gasteiger partial charge in [0, 0.05) is 15.3 Å². The van der Waals surface area contributed by atoms with E-state index in [1.165, 1.54) is 29.8 Å². The lowest BCUT2D eigenvalue weighted by Gasteiger charge is -2.42. The first-order chi connectivity index (χ1) is 14.2. The average Bonchev–Trinajstić information content (AvgIpc) is 3.15. The lowest BCUT2D eigenvalue weighted by atomic mass is 9.90. The van der Waals surface area contributed by atoms with E-state index in [-0.39, 0.29) is 5.54 Å². The Balaban J connectivity index is 1.81. The Morgan fingerprint density at radius 1 is 1.00 bits per heavy atom. The van der Waals surface area contributed by atoms with Crippen LogP contribution >= 0.6 is 22.9 Å². The molecule has 4 nitrogen and oxygen atoms in total. The van der Waals surface area contributed by atoms with Crippen molar-refractivity contribution >= 4 is 54.4 Å². The number of piperidine rings is 1. The monoisotopic (exact) mass is 462 g/mol. The van der Waals surface area contributed by atoms with Crippen molar-refractivity contribution in [3.05, 3.63) is 58.4 Å². The molecule has 2 aromatic carbocycles. The number of halogens is 1. The van der Waals surface area contributed by atoms with Crippen molar-refractivity contribution in [1.82, 2.24) is 4.90 Å². The summed E-state index contributed by atoms with van der Waals surface area (Å²) in [5, 5.41) is 3.58. The third-order valence-corrected chi connectivity index (χ3v) is 8.17. The van der Waals surface area contributed by atoms with Crippen molar-refractivity contribution in [2.24, 2.45) is 0 Å². The van der Waals surface area contributed by atoms with Gasteiger partial charge in [0.2, 0.25) is 10.0 Å². The van der Waals surface area contributed by atoms with Crippen molar-refractivity contribution in [3.63, 3.8) is 0 Å². The second kappa shape index (κ2) is 8.15. The molecule has 1 saturated heterocycles. The molecule has 1 fully saturated rings. The fourth-order valence-corrected chi connectivity index (χ4v) is 6.28. The average molecular weight is 463 g/mol. The molecule has 0 bridgehead atoms. The Morgan fingerprint density at radius 3 is 2.43 bits per heavy atom. The number of thiophene rings is 1. The zero-order valence-corrected chi connectivity index (χ0v) is 19.9. The van der Waals surface area contributed by atoms with E-state index in [1.807, 2.05) is 41.8 Å². The summed E-state index contributed by atoms with van der Waals surface area (Å²) in [6, 6.07) is 13.4. The van der Waals surface area contributed by atoms with Gasteiger partial charge in [0.1, 0.15) is 0 Å². The van der Waals surface area contributed by atoms with Gasteiger partial charge in [-0.3, -0.25) is 4.90 Å². The highest BCUT2D eigenvalue weighted by molar-refractivity contribution is 7.92. The third kappa shape index (κ3) is 4.24. The molecule has 1 aromatic heterocycles. The number of hydrogen-bond acceptors (Lipinski definition) is 4. The normalized spacial score (nSPS) is 16.1. The van der Waals surface area contributed by atoms with Gasteiger partial charge in [-0.05, 0) is 98.6 Å². The fourth-order valence-electron chi connectivity index (χ4n) is 4.29. The number of rotatable bonds is 5. The van der Waals surface area contributed by atoms with Crippen molar-refractivity contribution in [1.29, 1.82) is 0 Å². The molecule has 30 heavy (non-hydrogen) atoms. The molecule has 0 amide bonds. The summed E-state index contributed by atoms with van der Waals surface area (Å²) >= 11 is 8.16. The number of likely N-dealkylation sites (tertiary alicyclic amines) is 1. The summed E-state index contributed by atoms with van der Waals surface area (Å²) in [5.41, 5.74) is 1.98. The maximum absolute atomic E-state index is 12.9. The molecule has 7 heteroatoms. The Hall–Kier alpha value is -1.60. The smallest absolute Gasteiger partial charge is 0.236 e. The topological polar surface area (TPSA) is 40.6 Å². The summed E-state index contributed by atoms with van der Waals surface area (Å²) in [5.74, 6) is 0. The fraction of sp³-hybridized carbons (Fsp3) is 0.391. The summed E-state index contributed by atoms with van der Waals surface area (Å²) in [6.45, 7) is 6.46. The summed E-state index contributed by atoms with van der Waals surface area (Å²) in [6.07, 6.45) is 4.88. The van der Waals surface area contributed by atoms with E-state index in [0.717, 1.165) is 28.7 Å². The van der Waals surface area contributed by atoms with Crippen LogP contribution in [0.2, 0.25) is 5.02 Å². The van der Waals surface area contributed by atoms with E-state index < -0.39 is 10.0 Å². The third-order valence-electron chi connectivity index (χ3n) is 5.97. The molecule has 0 saturated carbocycles. The van der Waals surface area contributed by atoms with Gasteiger partial charge in [-0.25, -0.2) is 12.7 Å². The summed E-state index contributed by atoms with van der Waals surface area (Å²) in [7, 11) is -3.56. The van der Waals surface area contributed by atoms with Crippen molar-refractivity contribution in [2.75, 3.05) is 23.7 Å². The molecule has 1 aliphatic rings. The first kappa shape index (κ1) is 21.6. The summed E-state index contributed by atoms with van der Waals surface area (Å²) < 4.78 is 28.2. The van der Waals surface area contributed by atoms with Crippen LogP contribution in [0.5, 0.6) is 0 Å². The van der Waals surface area contributed by atoms with Crippen molar-refractivity contribution < 1.29 is 8.42 Å². The molecule has 0 aliphatic carbocycles. The molecule has 4 rings (SSSR count). The zero-order chi connectivity index (χ0) is 21.5. The van der Waals surface area contributed by atoms with Crippen LogP contribution in [0.25, 0.3) is 10.1 Å². The minimum atomic E-state index is -3.56. The number of sulfonamides is 1. The molecule has 0 radical (unpaired) electrons. The number of hydrogen-bond donors (Lipinski definition) is 0. The van der Waals surface area contributed by atoms with Gasteiger partial charge in [-0.1, -0.05) is 18.0 Å². The SMILES string of the molecule is CC(C)(c1cc(Cl)cc(N(c2ccc3sccc3c2)S(C)(=O)=O)c1)N1CCCCC1. The van der Waals surface area contributed by atoms with Crippen LogP contribution in [0.1, 0.15) is 38.7 Å². The second-order valence-electron chi connectivity index (χ2n) is 8.47. The molecular formula is C23H27ClN2O2S2. The highest BCUT2D eigenvalue weighted by Gasteiger charge is 2.31. The van der Waals surface area contributed by atoms with Crippen LogP contribution in [0.4, 0.5) is 11.4 Å². The molecule has 3 aromatic rings. The van der Waals surface area contributed by atoms with Gasteiger partial charge >= 0.3 is 0 Å². The molecule has 0 spiro atoms. The van der Waals surface area contributed by atoms with Crippen LogP contribution in [-0.4, -0.2) is 32.7 Å². The highest BCUT2D eigenvalue weighted by Crippen LogP contribution is 2.38. The first-order valence-corrected chi connectivity index (χ1v) is 13.3. The maximum Gasteiger partial charge on any atom is 0.236 e. The Kier molecular flexibility index (Phi) is 5.88. The predicted octanol–water partition coefficient (Wildman–Crippen LogP) is 6.37. The predicted molar refractivity (Wildman–Crippen MR) is 129 cm³/mol. The lowest BCUT2D eigenvalue weighted by Crippen LogP contribution is -2.44. The molecule has 0 unspecified atom stereocenters. The Labute approximate surface area is 188 Å². The van der Waals surface area contributed by atoms with Gasteiger partial charge < -0.3 is 0 Å². The van der Waals surface area contributed by atoms with E-state index in [0.29, 0.717) is 16.4 Å². The van der Waals surface area contributed by atoms with E-state index in [4.69, 9.17) is 11.6 Å². The lowest BCUT2D eigenvalue weighted by molar-refractivity contribution is 0.0944. The minimum absolute atomic E-state index is 0.236. The van der Waals surface area contributed by atoms with Crippen molar-refractivity contribution in [2.45, 2.75) is 38.6 Å². The van der Waals surface area contributed by atoms with Gasteiger partial charge in [0.25, 0.3) is 0 Å². The van der Waals surface area contributed by atoms with E-state index in [1.54, 1.807) is 17.4 Å². The number of fused-ring (bicyclic) bond motifs is 1. The largest absolute Gasteiger partial charge is 0.294 e. The number of benzene rings is 2. The van der Waals surface area contributed by atoms with Crippen LogP contribution in [-0.2, 0) is 15.6 Å². The molecule has 0 N–H and O–H groups in total. The van der Waals surface area contributed by atoms with Crippen LogP contribution < -0.4 is 4.31 Å². The molecule has 2 heterocycles. The van der Waals surface area contributed by atoms with Gasteiger partial charge in [-0.2, -0.15) is 0 Å². The number of nitrogens with zero attached hydrogens (tertiary/aromatic N) is 2. The number of anilines is 2. The van der Waals surface area contributed by atoms with E-state index in [9.17, 15) is 8.42 Å². The quantitative estimate of drug-likeness (QED) is 0.442. The molecular weight excluding hydrogens is 436 g/mol. The van der Waals surface area contributed by atoms with Gasteiger partial charge in [0.05, 0.1) is 17.6 Å². The summed E-state index contributed by atoms with van der Waals surface area (Å²) in [4.78, 5) is 2.47. The van der Waals surface area contributed by atoms with Crippen molar-refractivity contribution in [3.8, 4) is 0 Å². The minimum Gasteiger partial charge on any atom is -0.294 e. The molecule has 0 atom stereocenters. The van der Waals surface area contributed by atoms with Crippen LogP contribution in [0, 0.1) is 0 Å². The highest BCUT2D eigenvalue weighted by atomic mass is 35.5. The van der Waals surface area contributed by atoms with Crippen LogP contribution in [0.15, 0.2) is 47.8 Å². The standard InChI is InChI=1S/C23H27ClN2O2S2/c1-23(2,25-10-5-4-6-11-25)18-14-19(24)16-21(15-18)26(30(3,27)28)20-7-8-22-17(13-20)9-12-29-22/h7-9,12-16H,4-6,10-11H2,1-3H3. The Bertz CT molecular complexity index is 1160. The maximum atomic E-state index is 12.9. The first-order valence-electron chi connectivity index (χ1n) is 10.2. The van der Waals surface area contributed by atoms with Crippen LogP contribution in [0.3, 0.4) is 0 Å². The van der Waals surface area contributed by atoms with Gasteiger partial charge in [-0.15, -0.1) is 11.3 Å². The Morgan fingerprint density at radius 2 is 1.73 bits per heavy atom. The molecule has 160 valence electrons. The van der Waals surface area contributed by atoms with E-state index in [2.05, 4.69) is 18.7 Å². The second-order valence-corrected chi connectivity index (χ2v) is 11.7. The van der Waals surface area contributed by atoms with E-state index >= 15 is 0 Å². The molecule has 1 aliphatic heterocycles.